The van der Waals surface area contributed by atoms with Gasteiger partial charge in [-0.2, -0.15) is 13.2 Å². The average Bonchev–Trinajstić information content (AvgIpc) is 2.73. The van der Waals surface area contributed by atoms with E-state index in [-0.39, 0.29) is 17.0 Å². The van der Waals surface area contributed by atoms with Crippen molar-refractivity contribution in [3.05, 3.63) is 29.8 Å². The smallest absolute Gasteiger partial charge is 0.399 e. The Balaban J connectivity index is 2.24. The van der Waals surface area contributed by atoms with E-state index in [1.165, 1.54) is 0 Å². The first kappa shape index (κ1) is 19.6. The van der Waals surface area contributed by atoms with Crippen LogP contribution in [0.25, 0.3) is 11.3 Å². The number of anilines is 1. The van der Waals surface area contributed by atoms with Gasteiger partial charge in [-0.25, -0.2) is 9.97 Å². The van der Waals surface area contributed by atoms with E-state index in [1.54, 1.807) is 25.3 Å². The summed E-state index contributed by atoms with van der Waals surface area (Å²) in [5, 5.41) is 0. The third-order valence-corrected chi connectivity index (χ3v) is 4.98. The Morgan fingerprint density at radius 2 is 1.67 bits per heavy atom. The van der Waals surface area contributed by atoms with Crippen molar-refractivity contribution in [2.24, 2.45) is 0 Å². The first-order valence-corrected chi connectivity index (χ1v) is 8.36. The molecule has 2 aromatic rings. The molecule has 27 heavy (non-hydrogen) atoms. The van der Waals surface area contributed by atoms with E-state index in [0.29, 0.717) is 11.3 Å². The number of halogens is 3. The van der Waals surface area contributed by atoms with Crippen LogP contribution in [0.5, 0.6) is 0 Å². The second-order valence-electron chi connectivity index (χ2n) is 7.42. The monoisotopic (exact) mass is 380 g/mol. The number of hydrogen-bond donors (Lipinski definition) is 1. The van der Waals surface area contributed by atoms with Crippen molar-refractivity contribution in [3.63, 3.8) is 0 Å². The fourth-order valence-electron chi connectivity index (χ4n) is 2.75. The van der Waals surface area contributed by atoms with Crippen molar-refractivity contribution >= 4 is 18.4 Å². The molecule has 1 fully saturated rings. The summed E-state index contributed by atoms with van der Waals surface area (Å²) in [4.78, 5) is 11.4. The molecular formula is C17H20BF3N4O2. The van der Waals surface area contributed by atoms with Crippen molar-refractivity contribution in [1.82, 2.24) is 15.0 Å². The van der Waals surface area contributed by atoms with E-state index >= 15 is 0 Å². The van der Waals surface area contributed by atoms with Gasteiger partial charge in [0.1, 0.15) is 5.82 Å². The second kappa shape index (κ2) is 6.17. The lowest BCUT2D eigenvalue weighted by Crippen LogP contribution is -2.41. The molecule has 2 N–H and O–H groups in total. The summed E-state index contributed by atoms with van der Waals surface area (Å²) in [5.74, 6) is -1.66. The number of hydrogen-bond acceptors (Lipinski definition) is 6. The SMILES string of the molecule is Cc1ncccc1-c1nc(C(F)(F)F)nc(N)c1B1OC(C)(C)C(C)(C)O1. The molecule has 0 amide bonds. The lowest BCUT2D eigenvalue weighted by atomic mass is 9.76. The van der Waals surface area contributed by atoms with Gasteiger partial charge in [-0.15, -0.1) is 0 Å². The molecule has 1 aliphatic heterocycles. The van der Waals surface area contributed by atoms with Crippen LogP contribution >= 0.6 is 0 Å². The highest BCUT2D eigenvalue weighted by atomic mass is 19.4. The minimum Gasteiger partial charge on any atom is -0.399 e. The average molecular weight is 380 g/mol. The first-order valence-electron chi connectivity index (χ1n) is 8.36. The van der Waals surface area contributed by atoms with Gasteiger partial charge in [0.15, 0.2) is 0 Å². The zero-order chi connectivity index (χ0) is 20.2. The van der Waals surface area contributed by atoms with Gasteiger partial charge in [0, 0.05) is 17.5 Å². The number of aromatic nitrogens is 3. The predicted octanol–water partition coefficient (Wildman–Crippen LogP) is 2.75. The molecule has 0 unspecified atom stereocenters. The van der Waals surface area contributed by atoms with E-state index in [9.17, 15) is 13.2 Å². The molecular weight excluding hydrogens is 360 g/mol. The van der Waals surface area contributed by atoms with Gasteiger partial charge in [-0.05, 0) is 46.8 Å². The standard InChI is InChI=1S/C17H20BF3N4O2/c1-9-10(7-6-8-23-9)12-11(13(22)25-14(24-12)17(19,20)21)18-26-15(2,3)16(4,5)27-18/h6-8H,1-5H3,(H2,22,24,25). The molecule has 0 radical (unpaired) electrons. The van der Waals surface area contributed by atoms with E-state index in [1.807, 2.05) is 27.7 Å². The van der Waals surface area contributed by atoms with Gasteiger partial charge in [0.25, 0.3) is 0 Å². The lowest BCUT2D eigenvalue weighted by Gasteiger charge is -2.32. The Morgan fingerprint density at radius 1 is 1.07 bits per heavy atom. The van der Waals surface area contributed by atoms with Crippen LogP contribution in [0.3, 0.4) is 0 Å². The molecule has 0 bridgehead atoms. The molecule has 10 heteroatoms. The summed E-state index contributed by atoms with van der Waals surface area (Å²) >= 11 is 0. The molecule has 0 saturated carbocycles. The quantitative estimate of drug-likeness (QED) is 0.807. The highest BCUT2D eigenvalue weighted by molar-refractivity contribution is 6.65. The van der Waals surface area contributed by atoms with Crippen LogP contribution in [0.2, 0.25) is 0 Å². The van der Waals surface area contributed by atoms with Gasteiger partial charge >= 0.3 is 13.3 Å². The molecule has 144 valence electrons. The Hall–Kier alpha value is -2.20. The summed E-state index contributed by atoms with van der Waals surface area (Å²) in [6.45, 7) is 9.02. The molecule has 3 heterocycles. The number of alkyl halides is 3. The minimum absolute atomic E-state index is 0.000995. The summed E-state index contributed by atoms with van der Waals surface area (Å²) < 4.78 is 51.7. The maximum absolute atomic E-state index is 13.3. The number of nitrogens with two attached hydrogens (primary N) is 1. The van der Waals surface area contributed by atoms with E-state index in [0.717, 1.165) is 0 Å². The maximum atomic E-state index is 13.3. The Bertz CT molecular complexity index is 871. The zero-order valence-corrected chi connectivity index (χ0v) is 15.7. The Morgan fingerprint density at radius 3 is 2.19 bits per heavy atom. The Kier molecular flexibility index (Phi) is 4.47. The zero-order valence-electron chi connectivity index (χ0n) is 15.7. The fourth-order valence-corrected chi connectivity index (χ4v) is 2.75. The van der Waals surface area contributed by atoms with Crippen molar-refractivity contribution in [1.29, 1.82) is 0 Å². The third-order valence-electron chi connectivity index (χ3n) is 4.98. The fraction of sp³-hybridized carbons (Fsp3) is 0.471. The van der Waals surface area contributed by atoms with Crippen LogP contribution in [0.15, 0.2) is 18.3 Å². The maximum Gasteiger partial charge on any atom is 0.500 e. The van der Waals surface area contributed by atoms with E-state index in [2.05, 4.69) is 15.0 Å². The van der Waals surface area contributed by atoms with Crippen molar-refractivity contribution in [2.75, 3.05) is 5.73 Å². The molecule has 0 aromatic carbocycles. The van der Waals surface area contributed by atoms with Crippen molar-refractivity contribution < 1.29 is 22.5 Å². The molecule has 6 nitrogen and oxygen atoms in total. The van der Waals surface area contributed by atoms with Gasteiger partial charge < -0.3 is 15.0 Å². The van der Waals surface area contributed by atoms with Gasteiger partial charge in [0.05, 0.1) is 22.4 Å². The summed E-state index contributed by atoms with van der Waals surface area (Å²) in [7, 11) is -1.01. The number of aryl methyl sites for hydroxylation is 1. The van der Waals surface area contributed by atoms with E-state index < -0.39 is 30.3 Å². The topological polar surface area (TPSA) is 83.2 Å². The van der Waals surface area contributed by atoms with Gasteiger partial charge in [-0.3, -0.25) is 4.98 Å². The largest absolute Gasteiger partial charge is 0.500 e. The highest BCUT2D eigenvalue weighted by Crippen LogP contribution is 2.38. The number of nitrogen functional groups attached to an aromatic ring is 1. The molecule has 1 aliphatic rings. The summed E-state index contributed by atoms with van der Waals surface area (Å²) in [6.07, 6.45) is -3.20. The van der Waals surface area contributed by atoms with Crippen LogP contribution in [0, 0.1) is 6.92 Å². The van der Waals surface area contributed by atoms with Crippen LogP contribution in [0.1, 0.15) is 39.2 Å². The highest BCUT2D eigenvalue weighted by Gasteiger charge is 2.53. The number of nitrogens with zero attached hydrogens (tertiary/aromatic N) is 3. The summed E-state index contributed by atoms with van der Waals surface area (Å²) in [5.41, 5.74) is 5.60. The molecule has 3 rings (SSSR count). The Labute approximate surface area is 155 Å². The number of pyridine rings is 1. The molecule has 0 aliphatic carbocycles. The first-order chi connectivity index (χ1) is 12.3. The number of rotatable bonds is 2. The van der Waals surface area contributed by atoms with Crippen molar-refractivity contribution in [3.8, 4) is 11.3 Å². The third kappa shape index (κ3) is 3.39. The van der Waals surface area contributed by atoms with Crippen LogP contribution in [0.4, 0.5) is 19.0 Å². The molecule has 2 aromatic heterocycles. The predicted molar refractivity (Wildman–Crippen MR) is 95.1 cm³/mol. The second-order valence-corrected chi connectivity index (χ2v) is 7.42. The normalized spacial score (nSPS) is 18.7. The summed E-state index contributed by atoms with van der Waals surface area (Å²) in [6, 6.07) is 3.24. The molecule has 1 saturated heterocycles. The van der Waals surface area contributed by atoms with Crippen molar-refractivity contribution in [2.45, 2.75) is 52.0 Å². The minimum atomic E-state index is -4.74. The van der Waals surface area contributed by atoms with Crippen LogP contribution in [-0.2, 0) is 15.5 Å². The van der Waals surface area contributed by atoms with Gasteiger partial charge in [0.2, 0.25) is 5.82 Å². The van der Waals surface area contributed by atoms with Crippen LogP contribution in [-0.4, -0.2) is 33.3 Å². The lowest BCUT2D eigenvalue weighted by molar-refractivity contribution is -0.144. The van der Waals surface area contributed by atoms with Crippen LogP contribution < -0.4 is 11.2 Å². The molecule has 0 spiro atoms. The molecule has 0 atom stereocenters. The van der Waals surface area contributed by atoms with Gasteiger partial charge in [-0.1, -0.05) is 0 Å². The van der Waals surface area contributed by atoms with E-state index in [4.69, 9.17) is 15.0 Å².